The van der Waals surface area contributed by atoms with Crippen LogP contribution in [0.25, 0.3) is 0 Å². The third kappa shape index (κ3) is 5.01. The summed E-state index contributed by atoms with van der Waals surface area (Å²) in [5, 5.41) is 3.79. The van der Waals surface area contributed by atoms with Crippen molar-refractivity contribution in [3.63, 3.8) is 0 Å². The number of rotatable bonds is 6. The fourth-order valence-corrected chi connectivity index (χ4v) is 3.05. The molecule has 0 aliphatic carbocycles. The summed E-state index contributed by atoms with van der Waals surface area (Å²) >= 11 is 5.85. The van der Waals surface area contributed by atoms with E-state index in [0.717, 1.165) is 25.2 Å². The lowest BCUT2D eigenvalue weighted by atomic mass is 10.0. The van der Waals surface area contributed by atoms with Crippen LogP contribution in [0.3, 0.4) is 0 Å². The highest BCUT2D eigenvalue weighted by Crippen LogP contribution is 2.17. The molecular formula is C17H25ClN2O. The smallest absolute Gasteiger partial charge is 0.224 e. The lowest BCUT2D eigenvalue weighted by Crippen LogP contribution is -2.45. The first-order chi connectivity index (χ1) is 10.1. The summed E-state index contributed by atoms with van der Waals surface area (Å²) in [5.41, 5.74) is 0.999. The SMILES string of the molecule is CC(C)C(CNC(=O)Cc1ccc(Cl)cc1)N1CCCC1. The molecule has 1 unspecified atom stereocenters. The summed E-state index contributed by atoms with van der Waals surface area (Å²) in [6.07, 6.45) is 2.98. The van der Waals surface area contributed by atoms with Crippen LogP contribution in [-0.4, -0.2) is 36.5 Å². The summed E-state index contributed by atoms with van der Waals surface area (Å²) in [4.78, 5) is 14.6. The van der Waals surface area contributed by atoms with E-state index in [2.05, 4.69) is 24.1 Å². The highest BCUT2D eigenvalue weighted by molar-refractivity contribution is 6.30. The maximum absolute atomic E-state index is 12.1. The zero-order valence-corrected chi connectivity index (χ0v) is 13.7. The summed E-state index contributed by atoms with van der Waals surface area (Å²) in [7, 11) is 0. The second kappa shape index (κ2) is 7.81. The maximum Gasteiger partial charge on any atom is 0.224 e. The zero-order chi connectivity index (χ0) is 15.2. The molecular weight excluding hydrogens is 284 g/mol. The second-order valence-corrected chi connectivity index (χ2v) is 6.60. The Morgan fingerprint density at radius 1 is 1.24 bits per heavy atom. The van der Waals surface area contributed by atoms with Gasteiger partial charge in [-0.25, -0.2) is 0 Å². The molecule has 21 heavy (non-hydrogen) atoms. The van der Waals surface area contributed by atoms with Crippen molar-refractivity contribution in [3.05, 3.63) is 34.9 Å². The van der Waals surface area contributed by atoms with Crippen LogP contribution < -0.4 is 5.32 Å². The molecule has 4 heteroatoms. The molecule has 0 aromatic heterocycles. The molecule has 1 aromatic rings. The Morgan fingerprint density at radius 2 is 1.86 bits per heavy atom. The Bertz CT molecular complexity index is 452. The first kappa shape index (κ1) is 16.3. The highest BCUT2D eigenvalue weighted by Gasteiger charge is 2.24. The van der Waals surface area contributed by atoms with Crippen LogP contribution in [0, 0.1) is 5.92 Å². The van der Waals surface area contributed by atoms with Gasteiger partial charge in [-0.3, -0.25) is 9.69 Å². The van der Waals surface area contributed by atoms with Crippen molar-refractivity contribution in [2.75, 3.05) is 19.6 Å². The third-order valence-corrected chi connectivity index (χ3v) is 4.42. The van der Waals surface area contributed by atoms with E-state index >= 15 is 0 Å². The van der Waals surface area contributed by atoms with Gasteiger partial charge in [-0.15, -0.1) is 0 Å². The Kier molecular flexibility index (Phi) is 6.07. The molecule has 1 aliphatic heterocycles. The van der Waals surface area contributed by atoms with Crippen LogP contribution in [0.4, 0.5) is 0 Å². The topological polar surface area (TPSA) is 32.3 Å². The molecule has 116 valence electrons. The van der Waals surface area contributed by atoms with Gasteiger partial charge in [0.2, 0.25) is 5.91 Å². The fourth-order valence-electron chi connectivity index (χ4n) is 2.93. The first-order valence-electron chi connectivity index (χ1n) is 7.81. The first-order valence-corrected chi connectivity index (χ1v) is 8.19. The summed E-state index contributed by atoms with van der Waals surface area (Å²) < 4.78 is 0. The third-order valence-electron chi connectivity index (χ3n) is 4.17. The van der Waals surface area contributed by atoms with E-state index in [9.17, 15) is 4.79 Å². The van der Waals surface area contributed by atoms with E-state index in [1.807, 2.05) is 24.3 Å². The molecule has 0 spiro atoms. The van der Waals surface area contributed by atoms with Gasteiger partial charge in [-0.1, -0.05) is 37.6 Å². The minimum absolute atomic E-state index is 0.0853. The van der Waals surface area contributed by atoms with Crippen molar-refractivity contribution in [1.82, 2.24) is 10.2 Å². The number of amides is 1. The number of carbonyl (C=O) groups is 1. The molecule has 3 nitrogen and oxygen atoms in total. The lowest BCUT2D eigenvalue weighted by Gasteiger charge is -2.31. The van der Waals surface area contributed by atoms with Crippen molar-refractivity contribution in [2.24, 2.45) is 5.92 Å². The van der Waals surface area contributed by atoms with Crippen molar-refractivity contribution in [3.8, 4) is 0 Å². The number of likely N-dealkylation sites (tertiary alicyclic amines) is 1. The van der Waals surface area contributed by atoms with E-state index in [-0.39, 0.29) is 5.91 Å². The summed E-state index contributed by atoms with van der Waals surface area (Å²) in [6.45, 7) is 7.53. The largest absolute Gasteiger partial charge is 0.354 e. The average molecular weight is 309 g/mol. The predicted octanol–water partition coefficient (Wildman–Crippen LogP) is 3.12. The molecule has 0 saturated carbocycles. The number of nitrogens with zero attached hydrogens (tertiary/aromatic N) is 1. The zero-order valence-electron chi connectivity index (χ0n) is 12.9. The molecule has 1 N–H and O–H groups in total. The Hall–Kier alpha value is -1.06. The van der Waals surface area contributed by atoms with E-state index in [1.54, 1.807) is 0 Å². The Morgan fingerprint density at radius 3 is 2.43 bits per heavy atom. The number of hydrogen-bond acceptors (Lipinski definition) is 2. The van der Waals surface area contributed by atoms with Crippen LogP contribution in [0.15, 0.2) is 24.3 Å². The molecule has 1 aromatic carbocycles. The van der Waals surface area contributed by atoms with Crippen molar-refractivity contribution in [2.45, 2.75) is 39.2 Å². The highest BCUT2D eigenvalue weighted by atomic mass is 35.5. The van der Waals surface area contributed by atoms with Crippen LogP contribution in [0.2, 0.25) is 5.02 Å². The molecule has 1 amide bonds. The molecule has 0 bridgehead atoms. The average Bonchev–Trinajstić information content (AvgIpc) is 2.95. The number of carbonyl (C=O) groups excluding carboxylic acids is 1. The van der Waals surface area contributed by atoms with Gasteiger partial charge in [0, 0.05) is 17.6 Å². The van der Waals surface area contributed by atoms with Crippen molar-refractivity contribution < 1.29 is 4.79 Å². The van der Waals surface area contributed by atoms with Gasteiger partial charge in [0.05, 0.1) is 6.42 Å². The number of halogens is 1. The van der Waals surface area contributed by atoms with Gasteiger partial charge in [0.25, 0.3) is 0 Å². The molecule has 1 heterocycles. The fraction of sp³-hybridized carbons (Fsp3) is 0.588. The van der Waals surface area contributed by atoms with Crippen LogP contribution >= 0.6 is 11.6 Å². The number of nitrogens with one attached hydrogen (secondary N) is 1. The van der Waals surface area contributed by atoms with Gasteiger partial charge in [0.1, 0.15) is 0 Å². The molecule has 1 atom stereocenters. The minimum Gasteiger partial charge on any atom is -0.354 e. The van der Waals surface area contributed by atoms with E-state index < -0.39 is 0 Å². The number of hydrogen-bond donors (Lipinski definition) is 1. The monoisotopic (exact) mass is 308 g/mol. The van der Waals surface area contributed by atoms with Gasteiger partial charge in [-0.05, 0) is 49.5 Å². The van der Waals surface area contributed by atoms with Gasteiger partial charge in [-0.2, -0.15) is 0 Å². The van der Waals surface area contributed by atoms with Crippen LogP contribution in [0.1, 0.15) is 32.3 Å². The molecule has 1 fully saturated rings. The lowest BCUT2D eigenvalue weighted by molar-refractivity contribution is -0.120. The van der Waals surface area contributed by atoms with Crippen LogP contribution in [0.5, 0.6) is 0 Å². The van der Waals surface area contributed by atoms with E-state index in [1.165, 1.54) is 12.8 Å². The van der Waals surface area contributed by atoms with Crippen molar-refractivity contribution >= 4 is 17.5 Å². The quantitative estimate of drug-likeness (QED) is 0.876. The molecule has 2 rings (SSSR count). The second-order valence-electron chi connectivity index (χ2n) is 6.16. The predicted molar refractivity (Wildman–Crippen MR) is 87.6 cm³/mol. The van der Waals surface area contributed by atoms with Gasteiger partial charge in [0.15, 0.2) is 0 Å². The van der Waals surface area contributed by atoms with E-state index in [4.69, 9.17) is 11.6 Å². The van der Waals surface area contributed by atoms with Crippen LogP contribution in [-0.2, 0) is 11.2 Å². The standard InChI is InChI=1S/C17H25ClN2O/c1-13(2)16(20-9-3-4-10-20)12-19-17(21)11-14-5-7-15(18)8-6-14/h5-8,13,16H,3-4,9-12H2,1-2H3,(H,19,21). The summed E-state index contributed by atoms with van der Waals surface area (Å²) in [6, 6.07) is 7.91. The summed E-state index contributed by atoms with van der Waals surface area (Å²) in [5.74, 6) is 0.640. The Labute approximate surface area is 132 Å². The van der Waals surface area contributed by atoms with E-state index in [0.29, 0.717) is 23.4 Å². The maximum atomic E-state index is 12.1. The molecule has 1 saturated heterocycles. The molecule has 1 aliphatic rings. The van der Waals surface area contributed by atoms with Gasteiger partial charge >= 0.3 is 0 Å². The normalized spacial score (nSPS) is 17.1. The van der Waals surface area contributed by atoms with Gasteiger partial charge < -0.3 is 5.32 Å². The van der Waals surface area contributed by atoms with Crippen molar-refractivity contribution in [1.29, 1.82) is 0 Å². The Balaban J connectivity index is 1.82. The minimum atomic E-state index is 0.0853. The molecule has 0 radical (unpaired) electrons. The number of benzene rings is 1.